The van der Waals surface area contributed by atoms with E-state index < -0.39 is 0 Å². The van der Waals surface area contributed by atoms with Crippen LogP contribution in [0.1, 0.15) is 0 Å². The fourth-order valence-electron chi connectivity index (χ4n) is 7.70. The molecule has 0 unspecified atom stereocenters. The second-order valence-electron chi connectivity index (χ2n) is 12.6. The van der Waals surface area contributed by atoms with Gasteiger partial charge in [-0.25, -0.2) is 0 Å². The molecule has 224 valence electrons. The molecule has 0 aliphatic rings. The first-order valence-electron chi connectivity index (χ1n) is 16.5. The Morgan fingerprint density at radius 1 is 0.333 bits per heavy atom. The maximum Gasteiger partial charge on any atom is 0.0635 e. The summed E-state index contributed by atoms with van der Waals surface area (Å²) in [4.78, 5) is 0. The van der Waals surface area contributed by atoms with Gasteiger partial charge in [0.25, 0.3) is 0 Å². The van der Waals surface area contributed by atoms with Crippen LogP contribution in [0.2, 0.25) is 0 Å². The largest absolute Gasteiger partial charge is 0.316 e. The molecule has 0 N–H and O–H groups in total. The fraction of sp³-hybridized carbons (Fsp3) is 0. The number of benzene rings is 8. The van der Waals surface area contributed by atoms with Crippen molar-refractivity contribution in [3.8, 4) is 33.6 Å². The summed E-state index contributed by atoms with van der Waals surface area (Å²) < 4.78 is 4.75. The molecule has 0 amide bonds. The average Bonchev–Trinajstić information content (AvgIpc) is 3.75. The van der Waals surface area contributed by atoms with Crippen molar-refractivity contribution in [1.29, 1.82) is 0 Å². The molecule has 2 aromatic heterocycles. The smallest absolute Gasteiger partial charge is 0.0635 e. The predicted octanol–water partition coefficient (Wildman–Crippen LogP) is 12.4. The van der Waals surface area contributed by atoms with Crippen molar-refractivity contribution in [1.82, 2.24) is 9.13 Å². The number of aromatic nitrogens is 2. The van der Waals surface area contributed by atoms with Crippen molar-refractivity contribution < 1.29 is 0 Å². The van der Waals surface area contributed by atoms with Crippen LogP contribution in [0.15, 0.2) is 182 Å². The number of fused-ring (bicyclic) bond motifs is 8. The van der Waals surface area contributed by atoms with Gasteiger partial charge in [-0.05, 0) is 92.3 Å². The third-order valence-electron chi connectivity index (χ3n) is 9.96. The Morgan fingerprint density at radius 2 is 0.958 bits per heavy atom. The second-order valence-corrected chi connectivity index (χ2v) is 12.6. The fourth-order valence-corrected chi connectivity index (χ4v) is 7.70. The van der Waals surface area contributed by atoms with Gasteiger partial charge in [0.05, 0.1) is 16.6 Å². The van der Waals surface area contributed by atoms with E-state index in [4.69, 9.17) is 0 Å². The summed E-state index contributed by atoms with van der Waals surface area (Å²) in [5, 5.41) is 8.89. The highest BCUT2D eigenvalue weighted by Gasteiger charge is 2.17. The van der Waals surface area contributed by atoms with E-state index in [-0.39, 0.29) is 0 Å². The zero-order chi connectivity index (χ0) is 31.6. The van der Waals surface area contributed by atoms with Crippen LogP contribution >= 0.6 is 0 Å². The summed E-state index contributed by atoms with van der Waals surface area (Å²) in [5.74, 6) is 0. The first-order valence-corrected chi connectivity index (χ1v) is 16.5. The van der Waals surface area contributed by atoms with Gasteiger partial charge in [-0.1, -0.05) is 127 Å². The van der Waals surface area contributed by atoms with Gasteiger partial charge >= 0.3 is 0 Å². The van der Waals surface area contributed by atoms with Crippen molar-refractivity contribution in [2.45, 2.75) is 0 Å². The molecule has 0 aliphatic heterocycles. The Labute approximate surface area is 278 Å². The standard InChI is InChI=1S/C46H30N2/c1-2-10-31(11-3-1)32-18-22-35(23-19-32)47-29-28-42-44(47)27-26-41-40-16-8-9-17-45(40)48(46(41)42)36-24-20-33(21-25-36)43-30-34-12-4-5-13-37(34)38-14-6-7-15-39(38)43/h1-30H. The molecule has 0 spiro atoms. The molecular formula is C46H30N2. The number of hydrogen-bond donors (Lipinski definition) is 0. The number of rotatable bonds is 4. The lowest BCUT2D eigenvalue weighted by Gasteiger charge is -2.13. The lowest BCUT2D eigenvalue weighted by Crippen LogP contribution is -1.95. The highest BCUT2D eigenvalue weighted by molar-refractivity contribution is 6.18. The predicted molar refractivity (Wildman–Crippen MR) is 203 cm³/mol. The van der Waals surface area contributed by atoms with Crippen molar-refractivity contribution in [3.63, 3.8) is 0 Å². The number of para-hydroxylation sites is 1. The van der Waals surface area contributed by atoms with Crippen LogP contribution in [0.3, 0.4) is 0 Å². The quantitative estimate of drug-likeness (QED) is 0.175. The molecule has 8 aromatic carbocycles. The molecule has 10 aromatic rings. The van der Waals surface area contributed by atoms with E-state index in [1.165, 1.54) is 76.5 Å². The molecule has 48 heavy (non-hydrogen) atoms. The number of hydrogen-bond acceptors (Lipinski definition) is 0. The van der Waals surface area contributed by atoms with E-state index in [1.807, 2.05) is 0 Å². The van der Waals surface area contributed by atoms with Crippen LogP contribution < -0.4 is 0 Å². The minimum Gasteiger partial charge on any atom is -0.316 e. The Bertz CT molecular complexity index is 2800. The number of nitrogens with zero attached hydrogens (tertiary/aromatic N) is 2. The summed E-state index contributed by atoms with van der Waals surface area (Å²) in [6, 6.07) is 64.0. The molecule has 2 nitrogen and oxygen atoms in total. The summed E-state index contributed by atoms with van der Waals surface area (Å²) in [7, 11) is 0. The van der Waals surface area contributed by atoms with E-state index >= 15 is 0 Å². The Hall–Kier alpha value is -6.38. The summed E-state index contributed by atoms with van der Waals surface area (Å²) >= 11 is 0. The van der Waals surface area contributed by atoms with Gasteiger partial charge in [0.15, 0.2) is 0 Å². The minimum absolute atomic E-state index is 1.15. The van der Waals surface area contributed by atoms with Crippen LogP contribution in [0.5, 0.6) is 0 Å². The maximum absolute atomic E-state index is 2.44. The van der Waals surface area contributed by atoms with E-state index in [1.54, 1.807) is 0 Å². The molecule has 2 heterocycles. The molecular weight excluding hydrogens is 581 g/mol. The maximum atomic E-state index is 2.44. The van der Waals surface area contributed by atoms with E-state index in [2.05, 4.69) is 191 Å². The highest BCUT2D eigenvalue weighted by Crippen LogP contribution is 2.39. The van der Waals surface area contributed by atoms with E-state index in [0.29, 0.717) is 0 Å². The van der Waals surface area contributed by atoms with E-state index in [0.717, 1.165) is 11.4 Å². The van der Waals surface area contributed by atoms with Crippen LogP contribution in [-0.2, 0) is 0 Å². The third kappa shape index (κ3) is 4.06. The van der Waals surface area contributed by atoms with Crippen molar-refractivity contribution in [2.75, 3.05) is 0 Å². The van der Waals surface area contributed by atoms with Crippen molar-refractivity contribution in [3.05, 3.63) is 182 Å². The van der Waals surface area contributed by atoms with Crippen LogP contribution in [0, 0.1) is 0 Å². The molecule has 0 aliphatic carbocycles. The van der Waals surface area contributed by atoms with Crippen molar-refractivity contribution >= 4 is 54.3 Å². The summed E-state index contributed by atoms with van der Waals surface area (Å²) in [6.45, 7) is 0. The Balaban J connectivity index is 1.13. The normalized spacial score (nSPS) is 11.8. The van der Waals surface area contributed by atoms with Crippen LogP contribution in [0.25, 0.3) is 87.9 Å². The van der Waals surface area contributed by atoms with Gasteiger partial charge in [-0.15, -0.1) is 0 Å². The van der Waals surface area contributed by atoms with Crippen LogP contribution in [0.4, 0.5) is 0 Å². The summed E-state index contributed by atoms with van der Waals surface area (Å²) in [6.07, 6.45) is 2.21. The Morgan fingerprint density at radius 3 is 1.77 bits per heavy atom. The first-order chi connectivity index (χ1) is 23.8. The minimum atomic E-state index is 1.15. The second kappa shape index (κ2) is 10.6. The zero-order valence-electron chi connectivity index (χ0n) is 26.2. The van der Waals surface area contributed by atoms with E-state index in [9.17, 15) is 0 Å². The van der Waals surface area contributed by atoms with Gasteiger partial charge in [-0.2, -0.15) is 0 Å². The topological polar surface area (TPSA) is 9.86 Å². The van der Waals surface area contributed by atoms with Gasteiger partial charge in [0, 0.05) is 33.7 Å². The lowest BCUT2D eigenvalue weighted by atomic mass is 9.93. The molecule has 10 rings (SSSR count). The third-order valence-corrected chi connectivity index (χ3v) is 9.96. The monoisotopic (exact) mass is 610 g/mol. The molecule has 2 heteroatoms. The molecule has 0 fully saturated rings. The average molecular weight is 611 g/mol. The zero-order valence-corrected chi connectivity index (χ0v) is 26.2. The first kappa shape index (κ1) is 26.8. The molecule has 0 radical (unpaired) electrons. The Kier molecular flexibility index (Phi) is 5.91. The van der Waals surface area contributed by atoms with Crippen molar-refractivity contribution in [2.24, 2.45) is 0 Å². The molecule has 0 saturated carbocycles. The van der Waals surface area contributed by atoms with Gasteiger partial charge in [0.1, 0.15) is 0 Å². The molecule has 0 atom stereocenters. The molecule has 0 saturated heterocycles. The molecule has 0 bridgehead atoms. The van der Waals surface area contributed by atoms with Gasteiger partial charge < -0.3 is 9.13 Å². The summed E-state index contributed by atoms with van der Waals surface area (Å²) in [5.41, 5.74) is 10.9. The van der Waals surface area contributed by atoms with Gasteiger partial charge in [-0.3, -0.25) is 0 Å². The SMILES string of the molecule is c1ccc(-c2ccc(-n3ccc4c3ccc3c5ccccc5n(-c5ccc(-c6cc7ccccc7c7ccccc67)cc5)c34)cc2)cc1. The lowest BCUT2D eigenvalue weighted by molar-refractivity contribution is 1.13. The van der Waals surface area contributed by atoms with Gasteiger partial charge in [0.2, 0.25) is 0 Å². The van der Waals surface area contributed by atoms with Crippen LogP contribution in [-0.4, -0.2) is 9.13 Å². The highest BCUT2D eigenvalue weighted by atomic mass is 15.0.